The lowest BCUT2D eigenvalue weighted by Crippen LogP contribution is -2.32. The highest BCUT2D eigenvalue weighted by molar-refractivity contribution is 5.64. The zero-order valence-electron chi connectivity index (χ0n) is 12.3. The summed E-state index contributed by atoms with van der Waals surface area (Å²) in [5.74, 6) is 1.11. The summed E-state index contributed by atoms with van der Waals surface area (Å²) in [5, 5.41) is 0. The molecule has 0 N–H and O–H groups in total. The van der Waals surface area contributed by atoms with E-state index in [0.29, 0.717) is 11.7 Å². The summed E-state index contributed by atoms with van der Waals surface area (Å²) in [4.78, 5) is 11.8. The molecule has 0 aromatic heterocycles. The van der Waals surface area contributed by atoms with E-state index in [4.69, 9.17) is 9.47 Å². The molecule has 3 nitrogen and oxygen atoms in total. The van der Waals surface area contributed by atoms with Crippen molar-refractivity contribution in [1.29, 1.82) is 0 Å². The summed E-state index contributed by atoms with van der Waals surface area (Å²) in [6.45, 7) is 8.31. The fraction of sp³-hybridized carbons (Fsp3) is 0.562. The Bertz CT molecular complexity index is 386. The second kappa shape index (κ2) is 7.17. The van der Waals surface area contributed by atoms with E-state index in [2.05, 4.69) is 13.8 Å². The number of carbonyl (C=O) groups excluding carboxylic acids is 1. The first-order chi connectivity index (χ1) is 8.95. The minimum absolute atomic E-state index is 0.448. The van der Waals surface area contributed by atoms with Gasteiger partial charge in [-0.05, 0) is 44.2 Å². The van der Waals surface area contributed by atoms with Crippen molar-refractivity contribution in [2.24, 2.45) is 5.92 Å². The van der Waals surface area contributed by atoms with E-state index in [9.17, 15) is 4.79 Å². The SMILES string of the molecule is CCC(C)(CCC(C)C)OC(=O)Oc1ccccc1. The van der Waals surface area contributed by atoms with Crippen LogP contribution in [0.25, 0.3) is 0 Å². The van der Waals surface area contributed by atoms with Crippen LogP contribution in [-0.4, -0.2) is 11.8 Å². The molecule has 0 heterocycles. The first-order valence-corrected chi connectivity index (χ1v) is 6.91. The molecule has 0 bridgehead atoms. The minimum atomic E-state index is -0.626. The molecule has 1 rings (SSSR count). The highest BCUT2D eigenvalue weighted by Gasteiger charge is 2.27. The van der Waals surface area contributed by atoms with E-state index < -0.39 is 11.8 Å². The van der Waals surface area contributed by atoms with Crippen molar-refractivity contribution in [2.45, 2.75) is 52.6 Å². The van der Waals surface area contributed by atoms with Crippen molar-refractivity contribution in [3.63, 3.8) is 0 Å². The summed E-state index contributed by atoms with van der Waals surface area (Å²) in [6, 6.07) is 8.98. The summed E-state index contributed by atoms with van der Waals surface area (Å²) in [6.07, 6.45) is 2.04. The maximum Gasteiger partial charge on any atom is 0.514 e. The quantitative estimate of drug-likeness (QED) is 0.546. The summed E-state index contributed by atoms with van der Waals surface area (Å²) < 4.78 is 10.6. The Hall–Kier alpha value is -1.51. The molecule has 0 amide bonds. The Morgan fingerprint density at radius 2 is 1.89 bits per heavy atom. The van der Waals surface area contributed by atoms with Crippen molar-refractivity contribution in [1.82, 2.24) is 0 Å². The summed E-state index contributed by atoms with van der Waals surface area (Å²) in [7, 11) is 0. The zero-order chi connectivity index (χ0) is 14.3. The fourth-order valence-electron chi connectivity index (χ4n) is 1.70. The topological polar surface area (TPSA) is 35.5 Å². The molecular weight excluding hydrogens is 240 g/mol. The summed E-state index contributed by atoms with van der Waals surface area (Å²) in [5.41, 5.74) is -0.448. The first kappa shape index (κ1) is 15.5. The number of para-hydroxylation sites is 1. The van der Waals surface area contributed by atoms with Gasteiger partial charge < -0.3 is 9.47 Å². The Morgan fingerprint density at radius 1 is 1.26 bits per heavy atom. The molecule has 1 aromatic carbocycles. The number of carbonyl (C=O) groups is 1. The van der Waals surface area contributed by atoms with Crippen molar-refractivity contribution in [3.8, 4) is 5.75 Å². The van der Waals surface area contributed by atoms with Gasteiger partial charge in [0.25, 0.3) is 0 Å². The number of rotatable bonds is 6. The normalized spacial score (nSPS) is 13.9. The number of ether oxygens (including phenoxy) is 2. The maximum atomic E-state index is 11.8. The van der Waals surface area contributed by atoms with Crippen LogP contribution < -0.4 is 4.74 Å². The molecule has 3 heteroatoms. The van der Waals surface area contributed by atoms with Crippen LogP contribution in [0.15, 0.2) is 30.3 Å². The molecule has 106 valence electrons. The molecule has 0 radical (unpaired) electrons. The number of hydrogen-bond donors (Lipinski definition) is 0. The van der Waals surface area contributed by atoms with E-state index in [0.717, 1.165) is 19.3 Å². The zero-order valence-corrected chi connectivity index (χ0v) is 12.3. The van der Waals surface area contributed by atoms with Gasteiger partial charge in [-0.2, -0.15) is 0 Å². The highest BCUT2D eigenvalue weighted by Crippen LogP contribution is 2.25. The van der Waals surface area contributed by atoms with Crippen molar-refractivity contribution in [2.75, 3.05) is 0 Å². The molecular formula is C16H24O3. The lowest BCUT2D eigenvalue weighted by Gasteiger charge is -2.28. The predicted octanol–water partition coefficient (Wildman–Crippen LogP) is 4.81. The van der Waals surface area contributed by atoms with Crippen LogP contribution in [-0.2, 0) is 4.74 Å². The molecule has 1 aromatic rings. The van der Waals surface area contributed by atoms with Gasteiger partial charge in [0.1, 0.15) is 11.4 Å². The van der Waals surface area contributed by atoms with Crippen LogP contribution in [0.3, 0.4) is 0 Å². The molecule has 19 heavy (non-hydrogen) atoms. The van der Waals surface area contributed by atoms with Crippen LogP contribution in [0.2, 0.25) is 0 Å². The van der Waals surface area contributed by atoms with Gasteiger partial charge in [0, 0.05) is 0 Å². The number of hydrogen-bond acceptors (Lipinski definition) is 3. The molecule has 1 unspecified atom stereocenters. The Balaban J connectivity index is 2.53. The Kier molecular flexibility index (Phi) is 5.87. The van der Waals surface area contributed by atoms with Gasteiger partial charge in [0.2, 0.25) is 0 Å². The third kappa shape index (κ3) is 5.77. The Morgan fingerprint density at radius 3 is 2.42 bits per heavy atom. The van der Waals surface area contributed by atoms with Crippen molar-refractivity contribution >= 4 is 6.16 Å². The van der Waals surface area contributed by atoms with E-state index in [-0.39, 0.29) is 0 Å². The first-order valence-electron chi connectivity index (χ1n) is 6.91. The van der Waals surface area contributed by atoms with Gasteiger partial charge in [0.15, 0.2) is 0 Å². The molecule has 0 saturated heterocycles. The van der Waals surface area contributed by atoms with E-state index in [1.165, 1.54) is 0 Å². The average Bonchev–Trinajstić information content (AvgIpc) is 2.37. The standard InChI is InChI=1S/C16H24O3/c1-5-16(4,12-11-13(2)3)19-15(17)18-14-9-7-6-8-10-14/h6-10,13H,5,11-12H2,1-4H3. The molecule has 0 aliphatic carbocycles. The molecule has 0 fully saturated rings. The second-order valence-electron chi connectivity index (χ2n) is 5.50. The third-order valence-electron chi connectivity index (χ3n) is 3.27. The average molecular weight is 264 g/mol. The van der Waals surface area contributed by atoms with Gasteiger partial charge in [0.05, 0.1) is 0 Å². The summed E-state index contributed by atoms with van der Waals surface area (Å²) >= 11 is 0. The van der Waals surface area contributed by atoms with Crippen molar-refractivity contribution in [3.05, 3.63) is 30.3 Å². The smallest absolute Gasteiger partial charge is 0.428 e. The van der Waals surface area contributed by atoms with Crippen LogP contribution in [0.4, 0.5) is 4.79 Å². The third-order valence-corrected chi connectivity index (χ3v) is 3.27. The second-order valence-corrected chi connectivity index (χ2v) is 5.50. The largest absolute Gasteiger partial charge is 0.514 e. The van der Waals surface area contributed by atoms with Gasteiger partial charge >= 0.3 is 6.16 Å². The number of benzene rings is 1. The van der Waals surface area contributed by atoms with E-state index in [1.807, 2.05) is 32.0 Å². The van der Waals surface area contributed by atoms with Crippen LogP contribution in [0.5, 0.6) is 5.75 Å². The lowest BCUT2D eigenvalue weighted by atomic mass is 9.93. The minimum Gasteiger partial charge on any atom is -0.428 e. The van der Waals surface area contributed by atoms with Gasteiger partial charge in [-0.1, -0.05) is 39.0 Å². The highest BCUT2D eigenvalue weighted by atomic mass is 16.7. The molecule has 0 aliphatic heterocycles. The van der Waals surface area contributed by atoms with Gasteiger partial charge in [-0.3, -0.25) is 0 Å². The lowest BCUT2D eigenvalue weighted by molar-refractivity contribution is -0.0131. The van der Waals surface area contributed by atoms with E-state index >= 15 is 0 Å². The molecule has 0 aliphatic rings. The van der Waals surface area contributed by atoms with Crippen LogP contribution in [0, 0.1) is 5.92 Å². The van der Waals surface area contributed by atoms with Gasteiger partial charge in [-0.15, -0.1) is 0 Å². The molecule has 1 atom stereocenters. The van der Waals surface area contributed by atoms with Crippen LogP contribution >= 0.6 is 0 Å². The maximum absolute atomic E-state index is 11.8. The Labute approximate surface area is 115 Å². The van der Waals surface area contributed by atoms with Crippen molar-refractivity contribution < 1.29 is 14.3 Å². The predicted molar refractivity (Wildman–Crippen MR) is 76.3 cm³/mol. The monoisotopic (exact) mass is 264 g/mol. The van der Waals surface area contributed by atoms with E-state index in [1.54, 1.807) is 12.1 Å². The molecule has 0 saturated carbocycles. The fourth-order valence-corrected chi connectivity index (χ4v) is 1.70. The van der Waals surface area contributed by atoms with Gasteiger partial charge in [-0.25, -0.2) is 4.79 Å². The molecule has 0 spiro atoms. The van der Waals surface area contributed by atoms with Crippen LogP contribution in [0.1, 0.15) is 47.0 Å².